The molecule has 0 aromatic heterocycles. The largest absolute Gasteiger partial charge is 0.302 e. The van der Waals surface area contributed by atoms with E-state index in [1.165, 1.54) is 0 Å². The predicted octanol–water partition coefficient (Wildman–Crippen LogP) is 1.52. The summed E-state index contributed by atoms with van der Waals surface area (Å²) in [5.41, 5.74) is 0. The van der Waals surface area contributed by atoms with Crippen LogP contribution >= 0.6 is 0 Å². The molecule has 0 amide bonds. The van der Waals surface area contributed by atoms with Gasteiger partial charge in [-0.3, -0.25) is 4.99 Å². The molecule has 0 unspecified atom stereocenters. The van der Waals surface area contributed by atoms with E-state index in [0.717, 1.165) is 19.5 Å². The van der Waals surface area contributed by atoms with E-state index in [1.54, 1.807) is 20.4 Å². The number of rotatable bonds is 6. The average Bonchev–Trinajstić information content (AvgIpc) is 2.11. The summed E-state index contributed by atoms with van der Waals surface area (Å²) in [7, 11) is 3.46. The van der Waals surface area contributed by atoms with Crippen molar-refractivity contribution in [2.24, 2.45) is 4.99 Å². The van der Waals surface area contributed by atoms with E-state index in [-0.39, 0.29) is 0 Å². The fraction of sp³-hybridized carbons (Fsp3) is 0.667. The van der Waals surface area contributed by atoms with Crippen LogP contribution in [-0.4, -0.2) is 38.5 Å². The highest BCUT2D eigenvalue weighted by Gasteiger charge is 1.95. The lowest BCUT2D eigenvalue weighted by atomic mass is 10.4. The maximum atomic E-state index is 5.07. The first-order valence-corrected chi connectivity index (χ1v) is 4.21. The highest BCUT2D eigenvalue weighted by atomic mass is 16.7. The molecule has 3 heteroatoms. The Bertz CT molecular complexity index is 139. The van der Waals surface area contributed by atoms with Gasteiger partial charge in [-0.25, -0.2) is 0 Å². The highest BCUT2D eigenvalue weighted by Crippen LogP contribution is 1.91. The van der Waals surface area contributed by atoms with Crippen LogP contribution in [0.4, 0.5) is 0 Å². The molecule has 0 aliphatic carbocycles. The van der Waals surface area contributed by atoms with Gasteiger partial charge in [0.2, 0.25) is 0 Å². The standard InChI is InChI=1S/C9H18N2O/c1-4-11(12-3)9-7-5-6-8-10-2/h5-6,8H,4,7,9H2,1-3H3/b6-5-,10-8-. The Balaban J connectivity index is 3.40. The SMILES string of the molecule is CCN(CC/C=C\C=N/C)OC. The van der Waals surface area contributed by atoms with E-state index < -0.39 is 0 Å². The number of allylic oxidation sites excluding steroid dienone is 1. The van der Waals surface area contributed by atoms with Gasteiger partial charge < -0.3 is 4.84 Å². The number of nitrogens with zero attached hydrogens (tertiary/aromatic N) is 2. The van der Waals surface area contributed by atoms with Crippen LogP contribution in [0.1, 0.15) is 13.3 Å². The first-order chi connectivity index (χ1) is 5.85. The third-order valence-electron chi connectivity index (χ3n) is 1.53. The molecule has 0 fully saturated rings. The molecular formula is C9H18N2O. The van der Waals surface area contributed by atoms with Gasteiger partial charge in [-0.05, 0) is 12.5 Å². The van der Waals surface area contributed by atoms with Gasteiger partial charge in [0.1, 0.15) is 0 Å². The van der Waals surface area contributed by atoms with Gasteiger partial charge in [-0.1, -0.05) is 13.0 Å². The van der Waals surface area contributed by atoms with E-state index >= 15 is 0 Å². The second-order valence-electron chi connectivity index (χ2n) is 2.33. The first-order valence-electron chi connectivity index (χ1n) is 4.21. The monoisotopic (exact) mass is 170 g/mol. The number of hydrogen-bond acceptors (Lipinski definition) is 3. The number of hydroxylamine groups is 2. The van der Waals surface area contributed by atoms with Crippen molar-refractivity contribution in [3.63, 3.8) is 0 Å². The number of hydrogen-bond donors (Lipinski definition) is 0. The number of aliphatic imine (C=N–C) groups is 1. The minimum absolute atomic E-state index is 0.923. The molecule has 0 atom stereocenters. The smallest absolute Gasteiger partial charge is 0.0575 e. The Morgan fingerprint density at radius 3 is 2.75 bits per heavy atom. The molecule has 0 spiro atoms. The maximum Gasteiger partial charge on any atom is 0.0575 e. The molecule has 0 saturated heterocycles. The van der Waals surface area contributed by atoms with Crippen molar-refractivity contribution in [2.75, 3.05) is 27.2 Å². The molecule has 12 heavy (non-hydrogen) atoms. The Morgan fingerprint density at radius 2 is 2.25 bits per heavy atom. The van der Waals surface area contributed by atoms with Crippen LogP contribution in [0.3, 0.4) is 0 Å². The Hall–Kier alpha value is -0.670. The van der Waals surface area contributed by atoms with E-state index in [4.69, 9.17) is 4.84 Å². The quantitative estimate of drug-likeness (QED) is 0.446. The van der Waals surface area contributed by atoms with Crippen LogP contribution in [0.15, 0.2) is 17.1 Å². The molecule has 70 valence electrons. The van der Waals surface area contributed by atoms with Crippen molar-refractivity contribution in [1.29, 1.82) is 0 Å². The molecule has 0 radical (unpaired) electrons. The van der Waals surface area contributed by atoms with Gasteiger partial charge in [0, 0.05) is 26.4 Å². The predicted molar refractivity (Wildman–Crippen MR) is 52.4 cm³/mol. The molecule has 0 N–H and O–H groups in total. The Labute approximate surface area is 74.7 Å². The first kappa shape index (κ1) is 11.3. The summed E-state index contributed by atoms with van der Waals surface area (Å²) in [4.78, 5) is 8.91. The van der Waals surface area contributed by atoms with Crippen molar-refractivity contribution < 1.29 is 4.84 Å². The van der Waals surface area contributed by atoms with E-state index in [1.807, 2.05) is 11.1 Å². The van der Waals surface area contributed by atoms with Gasteiger partial charge in [0.15, 0.2) is 0 Å². The van der Waals surface area contributed by atoms with Gasteiger partial charge in [-0.2, -0.15) is 5.06 Å². The minimum Gasteiger partial charge on any atom is -0.302 e. The van der Waals surface area contributed by atoms with E-state index in [9.17, 15) is 0 Å². The Kier molecular flexibility index (Phi) is 7.96. The highest BCUT2D eigenvalue weighted by molar-refractivity contribution is 5.70. The third kappa shape index (κ3) is 6.07. The van der Waals surface area contributed by atoms with Crippen LogP contribution in [0.25, 0.3) is 0 Å². The van der Waals surface area contributed by atoms with Crippen LogP contribution < -0.4 is 0 Å². The zero-order valence-corrected chi connectivity index (χ0v) is 8.16. The van der Waals surface area contributed by atoms with Crippen LogP contribution in [-0.2, 0) is 4.84 Å². The molecule has 0 bridgehead atoms. The summed E-state index contributed by atoms with van der Waals surface area (Å²) in [5.74, 6) is 0. The summed E-state index contributed by atoms with van der Waals surface area (Å²) >= 11 is 0. The summed E-state index contributed by atoms with van der Waals surface area (Å²) in [6.07, 6.45) is 6.80. The van der Waals surface area contributed by atoms with Crippen LogP contribution in [0.2, 0.25) is 0 Å². The van der Waals surface area contributed by atoms with Gasteiger partial charge >= 0.3 is 0 Å². The van der Waals surface area contributed by atoms with Crippen molar-refractivity contribution >= 4 is 6.21 Å². The molecule has 0 heterocycles. The summed E-state index contributed by atoms with van der Waals surface area (Å²) in [6, 6.07) is 0. The molecule has 0 saturated carbocycles. The zero-order valence-electron chi connectivity index (χ0n) is 8.16. The molecular weight excluding hydrogens is 152 g/mol. The molecule has 3 nitrogen and oxygen atoms in total. The Morgan fingerprint density at radius 1 is 1.50 bits per heavy atom. The molecule has 0 aliphatic heterocycles. The van der Waals surface area contributed by atoms with E-state index in [2.05, 4.69) is 18.0 Å². The third-order valence-corrected chi connectivity index (χ3v) is 1.53. The van der Waals surface area contributed by atoms with E-state index in [0.29, 0.717) is 0 Å². The lowest BCUT2D eigenvalue weighted by molar-refractivity contribution is -0.125. The lowest BCUT2D eigenvalue weighted by Gasteiger charge is -2.15. The molecule has 0 rings (SSSR count). The normalized spacial score (nSPS) is 12.3. The molecule has 0 aromatic carbocycles. The average molecular weight is 170 g/mol. The fourth-order valence-corrected chi connectivity index (χ4v) is 0.840. The van der Waals surface area contributed by atoms with Crippen molar-refractivity contribution in [2.45, 2.75) is 13.3 Å². The maximum absolute atomic E-state index is 5.07. The summed E-state index contributed by atoms with van der Waals surface area (Å²) < 4.78 is 0. The van der Waals surface area contributed by atoms with Crippen molar-refractivity contribution in [3.8, 4) is 0 Å². The zero-order chi connectivity index (χ0) is 9.23. The van der Waals surface area contributed by atoms with Gasteiger partial charge in [0.25, 0.3) is 0 Å². The minimum atomic E-state index is 0.923. The molecule has 0 aromatic rings. The molecule has 0 aliphatic rings. The topological polar surface area (TPSA) is 24.8 Å². The lowest BCUT2D eigenvalue weighted by Crippen LogP contribution is -2.22. The van der Waals surface area contributed by atoms with Crippen LogP contribution in [0.5, 0.6) is 0 Å². The second kappa shape index (κ2) is 8.43. The fourth-order valence-electron chi connectivity index (χ4n) is 0.840. The van der Waals surface area contributed by atoms with Gasteiger partial charge in [0.05, 0.1) is 7.11 Å². The summed E-state index contributed by atoms with van der Waals surface area (Å²) in [5, 5.41) is 1.91. The summed E-state index contributed by atoms with van der Waals surface area (Å²) in [6.45, 7) is 3.92. The van der Waals surface area contributed by atoms with Crippen molar-refractivity contribution in [1.82, 2.24) is 5.06 Å². The van der Waals surface area contributed by atoms with Gasteiger partial charge in [-0.15, -0.1) is 0 Å². The second-order valence-corrected chi connectivity index (χ2v) is 2.33. The van der Waals surface area contributed by atoms with Crippen LogP contribution in [0, 0.1) is 0 Å². The van der Waals surface area contributed by atoms with Crippen molar-refractivity contribution in [3.05, 3.63) is 12.2 Å².